The van der Waals surface area contributed by atoms with Crippen molar-refractivity contribution >= 4 is 17.4 Å². The van der Waals surface area contributed by atoms with Gasteiger partial charge in [0.05, 0.1) is 13.2 Å². The number of ketones is 1. The standard InChI is InChI=1S/C19H21NO4/c1-4-23-17-10-15(11-18(12-17)24-5-2)19(22)20-16-8-6-14(7-9-16)13(3)21/h6-12H,4-5H2,1-3H3,(H,20,22). The van der Waals surface area contributed by atoms with Gasteiger partial charge in [-0.3, -0.25) is 9.59 Å². The van der Waals surface area contributed by atoms with Crippen LogP contribution in [-0.4, -0.2) is 24.9 Å². The molecular weight excluding hydrogens is 306 g/mol. The Morgan fingerprint density at radius 3 is 1.88 bits per heavy atom. The molecule has 2 aromatic rings. The fraction of sp³-hybridized carbons (Fsp3) is 0.263. The minimum absolute atomic E-state index is 0.0151. The summed E-state index contributed by atoms with van der Waals surface area (Å²) in [6, 6.07) is 11.9. The minimum Gasteiger partial charge on any atom is -0.494 e. The molecule has 0 fully saturated rings. The molecule has 1 amide bonds. The first kappa shape index (κ1) is 17.5. The van der Waals surface area contributed by atoms with E-state index < -0.39 is 0 Å². The van der Waals surface area contributed by atoms with E-state index in [0.717, 1.165) is 0 Å². The second kappa shape index (κ2) is 8.15. The molecule has 0 aliphatic rings. The molecule has 24 heavy (non-hydrogen) atoms. The Bertz CT molecular complexity index is 698. The fourth-order valence-electron chi connectivity index (χ4n) is 2.19. The molecule has 0 saturated heterocycles. The zero-order valence-electron chi connectivity index (χ0n) is 14.1. The molecule has 0 aliphatic heterocycles. The maximum atomic E-state index is 12.5. The van der Waals surface area contributed by atoms with Gasteiger partial charge in [-0.05, 0) is 57.2 Å². The average Bonchev–Trinajstić information content (AvgIpc) is 2.55. The van der Waals surface area contributed by atoms with Crippen LogP contribution in [0.25, 0.3) is 0 Å². The SMILES string of the molecule is CCOc1cc(OCC)cc(C(=O)Nc2ccc(C(C)=O)cc2)c1. The van der Waals surface area contributed by atoms with Crippen molar-refractivity contribution in [3.8, 4) is 11.5 Å². The molecule has 0 saturated carbocycles. The largest absolute Gasteiger partial charge is 0.494 e. The maximum absolute atomic E-state index is 12.5. The lowest BCUT2D eigenvalue weighted by Gasteiger charge is -2.11. The van der Waals surface area contributed by atoms with Crippen LogP contribution in [-0.2, 0) is 0 Å². The van der Waals surface area contributed by atoms with Crippen molar-refractivity contribution in [1.82, 2.24) is 0 Å². The Balaban J connectivity index is 2.19. The van der Waals surface area contributed by atoms with Gasteiger partial charge in [0.1, 0.15) is 11.5 Å². The van der Waals surface area contributed by atoms with E-state index in [1.807, 2.05) is 13.8 Å². The molecule has 2 aromatic carbocycles. The van der Waals surface area contributed by atoms with E-state index in [1.165, 1.54) is 6.92 Å². The van der Waals surface area contributed by atoms with Gasteiger partial charge in [-0.1, -0.05) is 0 Å². The average molecular weight is 327 g/mol. The summed E-state index contributed by atoms with van der Waals surface area (Å²) in [5.74, 6) is 0.882. The Morgan fingerprint density at radius 1 is 0.875 bits per heavy atom. The maximum Gasteiger partial charge on any atom is 0.255 e. The Kier molecular flexibility index (Phi) is 5.95. The van der Waals surface area contributed by atoms with Gasteiger partial charge in [-0.15, -0.1) is 0 Å². The molecule has 0 heterocycles. The van der Waals surface area contributed by atoms with Crippen molar-refractivity contribution in [1.29, 1.82) is 0 Å². The molecule has 2 rings (SSSR count). The fourth-order valence-corrected chi connectivity index (χ4v) is 2.19. The summed E-state index contributed by atoms with van der Waals surface area (Å²) < 4.78 is 11.0. The van der Waals surface area contributed by atoms with Crippen LogP contribution in [0.1, 0.15) is 41.5 Å². The van der Waals surface area contributed by atoms with E-state index in [1.54, 1.807) is 42.5 Å². The number of amides is 1. The van der Waals surface area contributed by atoms with Crippen LogP contribution in [0.15, 0.2) is 42.5 Å². The highest BCUT2D eigenvalue weighted by atomic mass is 16.5. The molecular formula is C19H21NO4. The third-order valence-electron chi connectivity index (χ3n) is 3.31. The normalized spacial score (nSPS) is 10.1. The predicted octanol–water partition coefficient (Wildman–Crippen LogP) is 3.94. The Hall–Kier alpha value is -2.82. The zero-order chi connectivity index (χ0) is 17.5. The number of ether oxygens (including phenoxy) is 2. The second-order valence-electron chi connectivity index (χ2n) is 5.15. The smallest absolute Gasteiger partial charge is 0.255 e. The molecule has 1 N–H and O–H groups in total. The molecule has 126 valence electrons. The summed E-state index contributed by atoms with van der Waals surface area (Å²) in [6.45, 7) is 6.27. The number of rotatable bonds is 7. The lowest BCUT2D eigenvalue weighted by molar-refractivity contribution is 0.101. The number of carbonyl (C=O) groups is 2. The first-order valence-corrected chi connectivity index (χ1v) is 7.86. The Labute approximate surface area is 141 Å². The summed E-state index contributed by atoms with van der Waals surface area (Å²) in [4.78, 5) is 23.7. The van der Waals surface area contributed by atoms with Crippen LogP contribution in [0.2, 0.25) is 0 Å². The lowest BCUT2D eigenvalue weighted by Crippen LogP contribution is -2.12. The van der Waals surface area contributed by atoms with Gasteiger partial charge in [-0.25, -0.2) is 0 Å². The summed E-state index contributed by atoms with van der Waals surface area (Å²) in [7, 11) is 0. The first-order valence-electron chi connectivity index (χ1n) is 7.86. The summed E-state index contributed by atoms with van der Waals surface area (Å²) in [5.41, 5.74) is 1.66. The van der Waals surface area contributed by atoms with E-state index >= 15 is 0 Å². The first-order chi connectivity index (χ1) is 11.5. The molecule has 0 aromatic heterocycles. The molecule has 0 aliphatic carbocycles. The third kappa shape index (κ3) is 4.59. The highest BCUT2D eigenvalue weighted by molar-refractivity contribution is 6.05. The van der Waals surface area contributed by atoms with Crippen molar-refractivity contribution in [2.75, 3.05) is 18.5 Å². The van der Waals surface area contributed by atoms with Crippen molar-refractivity contribution in [2.45, 2.75) is 20.8 Å². The molecule has 0 bridgehead atoms. The van der Waals surface area contributed by atoms with Gasteiger partial charge in [0.25, 0.3) is 5.91 Å². The molecule has 0 spiro atoms. The molecule has 0 atom stereocenters. The van der Waals surface area contributed by atoms with E-state index in [0.29, 0.717) is 41.5 Å². The third-order valence-corrected chi connectivity index (χ3v) is 3.31. The highest BCUT2D eigenvalue weighted by Gasteiger charge is 2.11. The number of carbonyl (C=O) groups excluding carboxylic acids is 2. The van der Waals surface area contributed by atoms with E-state index in [2.05, 4.69) is 5.32 Å². The van der Waals surface area contributed by atoms with Crippen molar-refractivity contribution < 1.29 is 19.1 Å². The molecule has 0 unspecified atom stereocenters. The minimum atomic E-state index is -0.270. The van der Waals surface area contributed by atoms with Crippen LogP contribution >= 0.6 is 0 Å². The number of hydrogen-bond acceptors (Lipinski definition) is 4. The van der Waals surface area contributed by atoms with Crippen LogP contribution in [0.3, 0.4) is 0 Å². The molecule has 5 nitrogen and oxygen atoms in total. The lowest BCUT2D eigenvalue weighted by atomic mass is 10.1. The summed E-state index contributed by atoms with van der Waals surface area (Å²) in [6.07, 6.45) is 0. The summed E-state index contributed by atoms with van der Waals surface area (Å²) >= 11 is 0. The van der Waals surface area contributed by atoms with Gasteiger partial charge in [0.15, 0.2) is 5.78 Å². The number of nitrogens with one attached hydrogen (secondary N) is 1. The van der Waals surface area contributed by atoms with Crippen LogP contribution in [0.5, 0.6) is 11.5 Å². The second-order valence-corrected chi connectivity index (χ2v) is 5.15. The van der Waals surface area contributed by atoms with Crippen molar-refractivity contribution in [2.24, 2.45) is 0 Å². The van der Waals surface area contributed by atoms with Crippen LogP contribution in [0, 0.1) is 0 Å². The van der Waals surface area contributed by atoms with Gasteiger partial charge < -0.3 is 14.8 Å². The van der Waals surface area contributed by atoms with Gasteiger partial charge in [0.2, 0.25) is 0 Å². The van der Waals surface area contributed by atoms with E-state index in [9.17, 15) is 9.59 Å². The zero-order valence-corrected chi connectivity index (χ0v) is 14.1. The number of anilines is 1. The van der Waals surface area contributed by atoms with Gasteiger partial charge in [-0.2, -0.15) is 0 Å². The number of benzene rings is 2. The molecule has 5 heteroatoms. The summed E-state index contributed by atoms with van der Waals surface area (Å²) in [5, 5.41) is 2.80. The number of Topliss-reactive ketones (excluding diaryl/α,β-unsaturated/α-hetero) is 1. The molecule has 0 radical (unpaired) electrons. The van der Waals surface area contributed by atoms with Gasteiger partial charge >= 0.3 is 0 Å². The van der Waals surface area contributed by atoms with E-state index in [-0.39, 0.29) is 11.7 Å². The van der Waals surface area contributed by atoms with Crippen molar-refractivity contribution in [3.63, 3.8) is 0 Å². The number of hydrogen-bond donors (Lipinski definition) is 1. The quantitative estimate of drug-likeness (QED) is 0.782. The Morgan fingerprint density at radius 2 is 1.42 bits per heavy atom. The predicted molar refractivity (Wildman–Crippen MR) is 93.2 cm³/mol. The van der Waals surface area contributed by atoms with Gasteiger partial charge in [0, 0.05) is 22.9 Å². The van der Waals surface area contributed by atoms with Crippen molar-refractivity contribution in [3.05, 3.63) is 53.6 Å². The highest BCUT2D eigenvalue weighted by Crippen LogP contribution is 2.24. The monoisotopic (exact) mass is 327 g/mol. The van der Waals surface area contributed by atoms with E-state index in [4.69, 9.17) is 9.47 Å². The van der Waals surface area contributed by atoms with Crippen LogP contribution in [0.4, 0.5) is 5.69 Å². The topological polar surface area (TPSA) is 64.6 Å². The van der Waals surface area contributed by atoms with Crippen LogP contribution < -0.4 is 14.8 Å².